The van der Waals surface area contributed by atoms with Gasteiger partial charge < -0.3 is 19.0 Å². The smallest absolute Gasteiger partial charge is 0.348 e. The van der Waals surface area contributed by atoms with Gasteiger partial charge in [-0.1, -0.05) is 35.9 Å². The Hall–Kier alpha value is -3.58. The van der Waals surface area contributed by atoms with E-state index < -0.39 is 11.6 Å². The fourth-order valence-electron chi connectivity index (χ4n) is 3.55. The molecule has 0 aliphatic heterocycles. The molecule has 0 amide bonds. The van der Waals surface area contributed by atoms with Crippen molar-refractivity contribution >= 4 is 17.3 Å². The summed E-state index contributed by atoms with van der Waals surface area (Å²) in [6, 6.07) is 18.7. The number of hydrogen-bond acceptors (Lipinski definition) is 6. The van der Waals surface area contributed by atoms with Gasteiger partial charge in [0, 0.05) is 12.8 Å². The van der Waals surface area contributed by atoms with E-state index in [2.05, 4.69) is 4.98 Å². The largest absolute Gasteiger partial charge is 0.493 e. The molecule has 0 fully saturated rings. The average Bonchev–Trinajstić information content (AvgIpc) is 3.47. The highest BCUT2D eigenvalue weighted by molar-refractivity contribution is 7.13. The van der Waals surface area contributed by atoms with E-state index in [1.54, 1.807) is 30.4 Å². The normalized spacial score (nSPS) is 12.8. The first-order chi connectivity index (χ1) is 16.3. The summed E-state index contributed by atoms with van der Waals surface area (Å²) in [4.78, 5) is 17.6. The Bertz CT molecular complexity index is 1230. The van der Waals surface area contributed by atoms with Crippen molar-refractivity contribution in [2.75, 3.05) is 6.61 Å². The van der Waals surface area contributed by atoms with Crippen LogP contribution in [0, 0.1) is 13.8 Å². The lowest BCUT2D eigenvalue weighted by Crippen LogP contribution is -2.43. The van der Waals surface area contributed by atoms with Crippen molar-refractivity contribution in [3.8, 4) is 22.3 Å². The summed E-state index contributed by atoms with van der Waals surface area (Å²) < 4.78 is 17.5. The molecule has 1 N–H and O–H groups in total. The van der Waals surface area contributed by atoms with Crippen LogP contribution >= 0.6 is 11.3 Å². The van der Waals surface area contributed by atoms with E-state index in [1.807, 2.05) is 67.8 Å². The van der Waals surface area contributed by atoms with Crippen molar-refractivity contribution in [1.82, 2.24) is 4.98 Å². The van der Waals surface area contributed by atoms with Crippen molar-refractivity contribution in [3.05, 3.63) is 88.6 Å². The lowest BCUT2D eigenvalue weighted by Gasteiger charge is -2.26. The molecule has 0 bridgehead atoms. The highest BCUT2D eigenvalue weighted by Crippen LogP contribution is 2.27. The molecular weight excluding hydrogens is 450 g/mol. The number of carboxylic acid groups (broad SMARTS) is 1. The van der Waals surface area contributed by atoms with E-state index in [9.17, 15) is 9.90 Å². The maximum atomic E-state index is 12.0. The van der Waals surface area contributed by atoms with Crippen molar-refractivity contribution in [1.29, 1.82) is 0 Å². The van der Waals surface area contributed by atoms with Crippen molar-refractivity contribution < 1.29 is 23.8 Å². The number of aliphatic carboxylic acids is 1. The number of rotatable bonds is 10. The molecule has 1 atom stereocenters. The predicted octanol–water partition coefficient (Wildman–Crippen LogP) is 6.11. The molecule has 0 aliphatic rings. The topological polar surface area (TPSA) is 81.8 Å². The summed E-state index contributed by atoms with van der Waals surface area (Å²) in [5, 5.41) is 11.8. The first kappa shape index (κ1) is 23.6. The molecule has 4 aromatic rings. The molecular formula is C27H27NO5S. The summed E-state index contributed by atoms with van der Waals surface area (Å²) in [6.45, 7) is 5.93. The first-order valence-electron chi connectivity index (χ1n) is 11.0. The summed E-state index contributed by atoms with van der Waals surface area (Å²) >= 11 is 1.59. The molecule has 0 aliphatic carbocycles. The van der Waals surface area contributed by atoms with Gasteiger partial charge in [-0.2, -0.15) is 0 Å². The summed E-state index contributed by atoms with van der Waals surface area (Å²) in [6.07, 6.45) is 0.851. The number of hydrogen-bond donors (Lipinski definition) is 1. The Morgan fingerprint density at radius 1 is 1.06 bits per heavy atom. The van der Waals surface area contributed by atoms with Gasteiger partial charge in [0.25, 0.3) is 0 Å². The van der Waals surface area contributed by atoms with Gasteiger partial charge in [0.15, 0.2) is 0 Å². The van der Waals surface area contributed by atoms with Crippen molar-refractivity contribution in [2.24, 2.45) is 0 Å². The Morgan fingerprint density at radius 2 is 1.76 bits per heavy atom. The van der Waals surface area contributed by atoms with Crippen LogP contribution < -0.4 is 9.47 Å². The second-order valence-corrected chi connectivity index (χ2v) is 9.32. The van der Waals surface area contributed by atoms with Gasteiger partial charge in [-0.15, -0.1) is 11.3 Å². The maximum absolute atomic E-state index is 12.0. The van der Waals surface area contributed by atoms with E-state index in [4.69, 9.17) is 13.9 Å². The number of nitrogens with zero attached hydrogens (tertiary/aromatic N) is 1. The molecule has 34 heavy (non-hydrogen) atoms. The minimum absolute atomic E-state index is 0.222. The molecule has 2 aromatic carbocycles. The van der Waals surface area contributed by atoms with Crippen LogP contribution in [0.1, 0.15) is 29.5 Å². The summed E-state index contributed by atoms with van der Waals surface area (Å²) in [7, 11) is 0. The van der Waals surface area contributed by atoms with Gasteiger partial charge in [0.2, 0.25) is 11.5 Å². The molecule has 4 rings (SSSR count). The molecule has 2 heterocycles. The molecule has 0 saturated heterocycles. The lowest BCUT2D eigenvalue weighted by atomic mass is 9.96. The molecule has 0 saturated carbocycles. The Labute approximate surface area is 202 Å². The third-order valence-electron chi connectivity index (χ3n) is 5.51. The first-order valence-corrected chi connectivity index (χ1v) is 11.9. The van der Waals surface area contributed by atoms with Gasteiger partial charge >= 0.3 is 5.97 Å². The van der Waals surface area contributed by atoms with Crippen LogP contribution in [0.5, 0.6) is 11.5 Å². The minimum atomic E-state index is -1.39. The van der Waals surface area contributed by atoms with Crippen LogP contribution in [0.3, 0.4) is 0 Å². The van der Waals surface area contributed by atoms with Crippen LogP contribution in [0.2, 0.25) is 0 Å². The number of oxazole rings is 1. The van der Waals surface area contributed by atoms with E-state index in [-0.39, 0.29) is 6.42 Å². The number of aromatic nitrogens is 1. The van der Waals surface area contributed by atoms with Crippen LogP contribution in [-0.4, -0.2) is 28.3 Å². The van der Waals surface area contributed by atoms with Crippen LogP contribution in [0.4, 0.5) is 0 Å². The van der Waals surface area contributed by atoms with Gasteiger partial charge in [-0.25, -0.2) is 9.78 Å². The molecule has 6 nitrogen and oxygen atoms in total. The maximum Gasteiger partial charge on any atom is 0.348 e. The highest BCUT2D eigenvalue weighted by atomic mass is 32.1. The zero-order valence-corrected chi connectivity index (χ0v) is 20.2. The number of ether oxygens (including phenoxy) is 2. The zero-order chi connectivity index (χ0) is 24.1. The van der Waals surface area contributed by atoms with Gasteiger partial charge in [-0.3, -0.25) is 0 Å². The fourth-order valence-corrected chi connectivity index (χ4v) is 4.19. The SMILES string of the molecule is Cc1ccc(OC(C)(Cc2ccc(OCCc3nc(-c4cccs4)oc3C)cc2)C(=O)O)cc1. The van der Waals surface area contributed by atoms with Crippen LogP contribution in [0.25, 0.3) is 10.8 Å². The van der Waals surface area contributed by atoms with Crippen molar-refractivity contribution in [2.45, 2.75) is 39.2 Å². The van der Waals surface area contributed by atoms with E-state index in [1.165, 1.54) is 0 Å². The third kappa shape index (κ3) is 5.66. The molecule has 7 heteroatoms. The lowest BCUT2D eigenvalue weighted by molar-refractivity contribution is -0.153. The summed E-state index contributed by atoms with van der Waals surface area (Å²) in [5.41, 5.74) is 1.42. The molecule has 176 valence electrons. The predicted molar refractivity (Wildman–Crippen MR) is 132 cm³/mol. The number of thiophene rings is 1. The Morgan fingerprint density at radius 3 is 2.41 bits per heavy atom. The standard InChI is InChI=1S/C27H27NO5S/c1-18-6-10-22(11-7-18)33-27(3,26(29)30)17-20-8-12-21(13-9-20)31-15-14-23-19(2)32-25(28-23)24-5-4-16-34-24/h4-13,16H,14-15,17H2,1-3H3,(H,29,30). The van der Waals surface area contributed by atoms with Gasteiger partial charge in [0.05, 0.1) is 17.2 Å². The van der Waals surface area contributed by atoms with Crippen LogP contribution in [0.15, 0.2) is 70.5 Å². The molecule has 0 radical (unpaired) electrons. The van der Waals surface area contributed by atoms with E-state index in [0.717, 1.165) is 27.5 Å². The third-order valence-corrected chi connectivity index (χ3v) is 6.37. The van der Waals surface area contributed by atoms with Gasteiger partial charge in [0.1, 0.15) is 17.3 Å². The second-order valence-electron chi connectivity index (χ2n) is 8.37. The van der Waals surface area contributed by atoms with E-state index in [0.29, 0.717) is 30.4 Å². The quantitative estimate of drug-likeness (QED) is 0.297. The number of benzene rings is 2. The monoisotopic (exact) mass is 477 g/mol. The van der Waals surface area contributed by atoms with Gasteiger partial charge in [-0.05, 0) is 62.0 Å². The summed E-state index contributed by atoms with van der Waals surface area (Å²) in [5.74, 6) is 1.66. The fraction of sp³-hybridized carbons (Fsp3) is 0.259. The average molecular weight is 478 g/mol. The van der Waals surface area contributed by atoms with Crippen molar-refractivity contribution in [3.63, 3.8) is 0 Å². The number of aryl methyl sites for hydroxylation is 2. The Kier molecular flexibility index (Phi) is 7.03. The molecule has 1 unspecified atom stereocenters. The molecule has 2 aromatic heterocycles. The minimum Gasteiger partial charge on any atom is -0.493 e. The zero-order valence-electron chi connectivity index (χ0n) is 19.4. The Balaban J connectivity index is 1.34. The molecule has 0 spiro atoms. The number of carboxylic acids is 1. The second kappa shape index (κ2) is 10.1. The highest BCUT2D eigenvalue weighted by Gasteiger charge is 2.36. The number of carbonyl (C=O) groups is 1. The van der Waals surface area contributed by atoms with E-state index >= 15 is 0 Å². The van der Waals surface area contributed by atoms with Crippen LogP contribution in [-0.2, 0) is 17.6 Å².